The Morgan fingerprint density at radius 1 is 1.26 bits per heavy atom. The van der Waals surface area contributed by atoms with Crippen molar-refractivity contribution in [2.45, 2.75) is 19.2 Å². The molecule has 23 heavy (non-hydrogen) atoms. The Bertz CT molecular complexity index is 707. The van der Waals surface area contributed by atoms with Gasteiger partial charge in [-0.2, -0.15) is 0 Å². The van der Waals surface area contributed by atoms with E-state index in [1.54, 1.807) is 0 Å². The van der Waals surface area contributed by atoms with Gasteiger partial charge in [0.1, 0.15) is 0 Å². The molecule has 7 heteroatoms. The molecule has 0 bridgehead atoms. The van der Waals surface area contributed by atoms with Crippen LogP contribution in [0.4, 0.5) is 13.2 Å². The minimum Gasteiger partial charge on any atom is -0.392 e. The van der Waals surface area contributed by atoms with E-state index in [4.69, 9.17) is 5.11 Å². The highest BCUT2D eigenvalue weighted by molar-refractivity contribution is 5.73. The molecule has 2 N–H and O–H groups in total. The SMILES string of the molecule is CC(=O)NCC(F)(c1ccc(F)c(F)c1)c1ccc(CO)cn1. The van der Waals surface area contributed by atoms with Crippen LogP contribution in [0.15, 0.2) is 36.5 Å². The van der Waals surface area contributed by atoms with Crippen LogP contribution in [0.5, 0.6) is 0 Å². The first-order valence-electron chi connectivity index (χ1n) is 6.82. The fourth-order valence-electron chi connectivity index (χ4n) is 2.08. The molecule has 1 amide bonds. The quantitative estimate of drug-likeness (QED) is 0.886. The summed E-state index contributed by atoms with van der Waals surface area (Å²) in [7, 11) is 0. The molecule has 1 unspecified atom stereocenters. The Morgan fingerprint density at radius 2 is 2.00 bits per heavy atom. The van der Waals surface area contributed by atoms with Gasteiger partial charge in [-0.15, -0.1) is 0 Å². The van der Waals surface area contributed by atoms with E-state index in [2.05, 4.69) is 10.3 Å². The highest BCUT2D eigenvalue weighted by atomic mass is 19.2. The van der Waals surface area contributed by atoms with Gasteiger partial charge in [0, 0.05) is 18.7 Å². The molecule has 1 aromatic carbocycles. The van der Waals surface area contributed by atoms with Gasteiger partial charge in [0.2, 0.25) is 5.91 Å². The number of amides is 1. The van der Waals surface area contributed by atoms with Gasteiger partial charge in [-0.05, 0) is 23.8 Å². The second-order valence-corrected chi connectivity index (χ2v) is 5.05. The maximum absolute atomic E-state index is 15.5. The summed E-state index contributed by atoms with van der Waals surface area (Å²) in [5, 5.41) is 11.3. The van der Waals surface area contributed by atoms with Crippen molar-refractivity contribution < 1.29 is 23.1 Å². The number of nitrogens with zero attached hydrogens (tertiary/aromatic N) is 1. The van der Waals surface area contributed by atoms with E-state index >= 15 is 4.39 Å². The second-order valence-electron chi connectivity index (χ2n) is 5.05. The van der Waals surface area contributed by atoms with Gasteiger partial charge in [-0.25, -0.2) is 13.2 Å². The van der Waals surface area contributed by atoms with Crippen LogP contribution in [-0.2, 0) is 17.1 Å². The summed E-state index contributed by atoms with van der Waals surface area (Å²) >= 11 is 0. The molecule has 0 aliphatic heterocycles. The third kappa shape index (κ3) is 3.68. The van der Waals surface area contributed by atoms with E-state index in [1.165, 1.54) is 25.3 Å². The van der Waals surface area contributed by atoms with E-state index in [-0.39, 0.29) is 17.9 Å². The monoisotopic (exact) mass is 324 g/mol. The first kappa shape index (κ1) is 17.0. The number of hydrogen-bond donors (Lipinski definition) is 2. The third-order valence-corrected chi connectivity index (χ3v) is 3.37. The van der Waals surface area contributed by atoms with E-state index in [1.807, 2.05) is 0 Å². The average Bonchev–Trinajstić information content (AvgIpc) is 2.55. The molecule has 0 radical (unpaired) electrons. The number of halogens is 3. The number of pyridine rings is 1. The largest absolute Gasteiger partial charge is 0.392 e. The smallest absolute Gasteiger partial charge is 0.217 e. The van der Waals surface area contributed by atoms with Gasteiger partial charge in [0.25, 0.3) is 0 Å². The Labute approximate surface area is 131 Å². The molecular weight excluding hydrogens is 309 g/mol. The van der Waals surface area contributed by atoms with Gasteiger partial charge in [0.05, 0.1) is 18.8 Å². The predicted molar refractivity (Wildman–Crippen MR) is 77.1 cm³/mol. The molecule has 122 valence electrons. The average molecular weight is 324 g/mol. The molecule has 0 spiro atoms. The molecular formula is C16H15F3N2O2. The molecule has 2 rings (SSSR count). The summed E-state index contributed by atoms with van der Waals surface area (Å²) in [6, 6.07) is 5.44. The highest BCUT2D eigenvalue weighted by Crippen LogP contribution is 2.33. The van der Waals surface area contributed by atoms with Crippen LogP contribution in [0.3, 0.4) is 0 Å². The number of aromatic nitrogens is 1. The van der Waals surface area contributed by atoms with Crippen LogP contribution < -0.4 is 5.32 Å². The molecule has 0 aliphatic rings. The lowest BCUT2D eigenvalue weighted by molar-refractivity contribution is -0.119. The van der Waals surface area contributed by atoms with Crippen molar-refractivity contribution in [3.05, 3.63) is 65.0 Å². The van der Waals surface area contributed by atoms with Crippen LogP contribution in [-0.4, -0.2) is 22.5 Å². The summed E-state index contributed by atoms with van der Waals surface area (Å²) in [6.45, 7) is 0.469. The van der Waals surface area contributed by atoms with Crippen molar-refractivity contribution in [2.75, 3.05) is 6.54 Å². The topological polar surface area (TPSA) is 62.2 Å². The molecule has 4 nitrogen and oxygen atoms in total. The number of nitrogens with one attached hydrogen (secondary N) is 1. The zero-order chi connectivity index (χ0) is 17.0. The van der Waals surface area contributed by atoms with E-state index < -0.39 is 29.8 Å². The molecule has 0 saturated carbocycles. The highest BCUT2D eigenvalue weighted by Gasteiger charge is 2.36. The lowest BCUT2D eigenvalue weighted by Crippen LogP contribution is -2.38. The minimum absolute atomic E-state index is 0.0885. The Kier molecular flexibility index (Phi) is 5.00. The number of aliphatic hydroxyl groups excluding tert-OH is 1. The first-order valence-corrected chi connectivity index (χ1v) is 6.82. The van der Waals surface area contributed by atoms with E-state index in [9.17, 15) is 13.6 Å². The summed E-state index contributed by atoms with van der Waals surface area (Å²) in [6.07, 6.45) is 1.28. The zero-order valence-corrected chi connectivity index (χ0v) is 12.3. The standard InChI is InChI=1S/C16H15F3N2O2/c1-10(23)21-9-16(19,12-3-4-13(17)14(18)6-12)15-5-2-11(8-22)7-20-15/h2-7,22H,8-9H2,1H3,(H,21,23). The van der Waals surface area contributed by atoms with E-state index in [0.29, 0.717) is 5.56 Å². The lowest BCUT2D eigenvalue weighted by Gasteiger charge is -2.26. The van der Waals surface area contributed by atoms with Gasteiger partial charge in [-0.3, -0.25) is 9.78 Å². The third-order valence-electron chi connectivity index (χ3n) is 3.37. The summed E-state index contributed by atoms with van der Waals surface area (Å²) < 4.78 is 42.1. The number of rotatable bonds is 5. The zero-order valence-electron chi connectivity index (χ0n) is 12.3. The molecule has 0 saturated heterocycles. The molecule has 1 atom stereocenters. The van der Waals surface area contributed by atoms with Gasteiger partial charge in [0.15, 0.2) is 17.3 Å². The van der Waals surface area contributed by atoms with E-state index in [0.717, 1.165) is 18.2 Å². The lowest BCUT2D eigenvalue weighted by atomic mass is 9.91. The van der Waals surface area contributed by atoms with Gasteiger partial charge in [-0.1, -0.05) is 12.1 Å². The second kappa shape index (κ2) is 6.78. The fraction of sp³-hybridized carbons (Fsp3) is 0.250. The summed E-state index contributed by atoms with van der Waals surface area (Å²) in [5.41, 5.74) is -2.13. The van der Waals surface area contributed by atoms with Crippen molar-refractivity contribution in [1.29, 1.82) is 0 Å². The number of carbonyl (C=O) groups is 1. The van der Waals surface area contributed by atoms with Crippen LogP contribution in [0.1, 0.15) is 23.7 Å². The molecule has 0 aliphatic carbocycles. The molecule has 1 aromatic heterocycles. The van der Waals surface area contributed by atoms with Crippen molar-refractivity contribution in [1.82, 2.24) is 10.3 Å². The Hall–Kier alpha value is -2.41. The fourth-order valence-corrected chi connectivity index (χ4v) is 2.08. The number of aliphatic hydroxyl groups is 1. The minimum atomic E-state index is -2.34. The number of carbonyl (C=O) groups excluding carboxylic acids is 1. The van der Waals surface area contributed by atoms with Crippen LogP contribution in [0.2, 0.25) is 0 Å². The number of alkyl halides is 1. The van der Waals surface area contributed by atoms with Gasteiger partial charge < -0.3 is 10.4 Å². The Balaban J connectivity index is 2.49. The van der Waals surface area contributed by atoms with Crippen LogP contribution in [0, 0.1) is 11.6 Å². The maximum atomic E-state index is 15.5. The van der Waals surface area contributed by atoms with Crippen molar-refractivity contribution >= 4 is 5.91 Å². The maximum Gasteiger partial charge on any atom is 0.217 e. The molecule has 0 fully saturated rings. The predicted octanol–water partition coefficient (Wildman–Crippen LogP) is 2.20. The van der Waals surface area contributed by atoms with Crippen molar-refractivity contribution in [2.24, 2.45) is 0 Å². The van der Waals surface area contributed by atoms with Gasteiger partial charge >= 0.3 is 0 Å². The van der Waals surface area contributed by atoms with Crippen molar-refractivity contribution in [3.8, 4) is 0 Å². The molecule has 1 heterocycles. The summed E-state index contributed by atoms with van der Waals surface area (Å²) in [5.74, 6) is -2.76. The number of hydrogen-bond acceptors (Lipinski definition) is 3. The normalized spacial score (nSPS) is 13.4. The summed E-state index contributed by atoms with van der Waals surface area (Å²) in [4.78, 5) is 15.0. The Morgan fingerprint density at radius 3 is 2.52 bits per heavy atom. The molecule has 2 aromatic rings. The van der Waals surface area contributed by atoms with Crippen LogP contribution >= 0.6 is 0 Å². The number of benzene rings is 1. The van der Waals surface area contributed by atoms with Crippen LogP contribution in [0.25, 0.3) is 0 Å². The first-order chi connectivity index (χ1) is 10.9. The van der Waals surface area contributed by atoms with Crippen molar-refractivity contribution in [3.63, 3.8) is 0 Å².